The molecule has 5 atom stereocenters. The van der Waals surface area contributed by atoms with Gasteiger partial charge in [-0.05, 0) is 24.3 Å². The Kier molecular flexibility index (Phi) is 7.32. The first kappa shape index (κ1) is 21.6. The smallest absolute Gasteiger partial charge is 0.303 e. The van der Waals surface area contributed by atoms with Crippen LogP contribution in [-0.2, 0) is 28.6 Å². The minimum Gasteiger partial charge on any atom is -0.463 e. The first-order valence-electron chi connectivity index (χ1n) is 8.54. The molecular weight excluding hydrogens is 374 g/mol. The highest BCUT2D eigenvalue weighted by atomic mass is 16.7. The van der Waals surface area contributed by atoms with Crippen molar-refractivity contribution in [3.63, 3.8) is 0 Å². The van der Waals surface area contributed by atoms with Crippen molar-refractivity contribution in [3.05, 3.63) is 24.3 Å². The molecule has 0 spiro atoms. The van der Waals surface area contributed by atoms with Crippen molar-refractivity contribution >= 4 is 23.5 Å². The summed E-state index contributed by atoms with van der Waals surface area (Å²) in [4.78, 5) is 33.4. The maximum absolute atomic E-state index is 11.3. The number of carbonyl (C=O) groups is 3. The summed E-state index contributed by atoms with van der Waals surface area (Å²) in [6.07, 6.45) is -6.66. The number of aliphatic hydroxyl groups is 2. The van der Waals surface area contributed by atoms with Crippen molar-refractivity contribution in [2.45, 2.75) is 51.5 Å². The van der Waals surface area contributed by atoms with Crippen molar-refractivity contribution in [2.24, 2.45) is 0 Å². The van der Waals surface area contributed by atoms with Gasteiger partial charge in [-0.15, -0.1) is 0 Å². The molecule has 154 valence electrons. The van der Waals surface area contributed by atoms with Gasteiger partial charge in [0.15, 0.2) is 6.10 Å². The normalized spacial score (nSPS) is 26.8. The summed E-state index contributed by atoms with van der Waals surface area (Å²) in [5.41, 5.74) is 0.549. The van der Waals surface area contributed by atoms with Crippen LogP contribution in [0.2, 0.25) is 0 Å². The van der Waals surface area contributed by atoms with Crippen molar-refractivity contribution in [1.29, 1.82) is 0 Å². The number of hydrogen-bond acceptors (Lipinski definition) is 9. The summed E-state index contributed by atoms with van der Waals surface area (Å²) in [7, 11) is 0. The van der Waals surface area contributed by atoms with Crippen molar-refractivity contribution in [3.8, 4) is 5.75 Å². The first-order chi connectivity index (χ1) is 13.2. The predicted octanol–water partition coefficient (Wildman–Crippen LogP) is -0.0347. The molecule has 1 fully saturated rings. The standard InChI is InChI=1S/C18H23NO9/c1-9(20)19-12-4-6-13(7-5-12)27-18-16(24)15(23)17(26-11(3)22)14(28-18)8-25-10(2)21/h4-7,14-18,23-24H,8H2,1-3H3,(H,19,20)/t14?,15?,16?,17-,18+/m1/s1. The molecule has 0 aliphatic carbocycles. The lowest BCUT2D eigenvalue weighted by atomic mass is 9.99. The van der Waals surface area contributed by atoms with E-state index in [4.69, 9.17) is 18.9 Å². The van der Waals surface area contributed by atoms with Crippen LogP contribution in [0, 0.1) is 0 Å². The molecule has 10 nitrogen and oxygen atoms in total. The fraction of sp³-hybridized carbons (Fsp3) is 0.500. The Morgan fingerprint density at radius 1 is 1.04 bits per heavy atom. The van der Waals surface area contributed by atoms with Crippen LogP contribution in [0.5, 0.6) is 5.75 Å². The number of esters is 2. The van der Waals surface area contributed by atoms with E-state index < -0.39 is 42.6 Å². The zero-order chi connectivity index (χ0) is 20.8. The Morgan fingerprint density at radius 2 is 1.68 bits per heavy atom. The maximum Gasteiger partial charge on any atom is 0.303 e. The number of aliphatic hydroxyl groups excluding tert-OH is 2. The van der Waals surface area contributed by atoms with Crippen LogP contribution in [-0.4, -0.2) is 65.4 Å². The molecule has 0 saturated carbocycles. The second-order valence-electron chi connectivity index (χ2n) is 6.22. The number of hydrogen-bond donors (Lipinski definition) is 3. The number of nitrogens with one attached hydrogen (secondary N) is 1. The molecular formula is C18H23NO9. The van der Waals surface area contributed by atoms with Gasteiger partial charge >= 0.3 is 11.9 Å². The van der Waals surface area contributed by atoms with Gasteiger partial charge in [-0.3, -0.25) is 14.4 Å². The first-order valence-corrected chi connectivity index (χ1v) is 8.54. The lowest BCUT2D eigenvalue weighted by Crippen LogP contribution is -2.61. The molecule has 0 aromatic heterocycles. The predicted molar refractivity (Wildman–Crippen MR) is 94.2 cm³/mol. The van der Waals surface area contributed by atoms with Gasteiger partial charge in [0.05, 0.1) is 0 Å². The van der Waals surface area contributed by atoms with E-state index in [1.165, 1.54) is 26.0 Å². The molecule has 10 heteroatoms. The molecule has 1 amide bonds. The molecule has 1 aromatic carbocycles. The number of rotatable bonds is 6. The highest BCUT2D eigenvalue weighted by Crippen LogP contribution is 2.27. The van der Waals surface area contributed by atoms with E-state index >= 15 is 0 Å². The zero-order valence-corrected chi connectivity index (χ0v) is 15.7. The highest BCUT2D eigenvalue weighted by Gasteiger charge is 2.48. The molecule has 3 N–H and O–H groups in total. The van der Waals surface area contributed by atoms with E-state index in [2.05, 4.69) is 5.32 Å². The van der Waals surface area contributed by atoms with Crippen molar-refractivity contribution in [1.82, 2.24) is 0 Å². The van der Waals surface area contributed by atoms with Crippen LogP contribution in [0.4, 0.5) is 5.69 Å². The molecule has 0 radical (unpaired) electrons. The van der Waals surface area contributed by atoms with Gasteiger partial charge in [0.25, 0.3) is 0 Å². The summed E-state index contributed by atoms with van der Waals surface area (Å²) < 4.78 is 21.0. The zero-order valence-electron chi connectivity index (χ0n) is 15.7. The Morgan fingerprint density at radius 3 is 2.21 bits per heavy atom. The molecule has 3 unspecified atom stereocenters. The van der Waals surface area contributed by atoms with Gasteiger partial charge in [0.1, 0.15) is 30.7 Å². The number of anilines is 1. The maximum atomic E-state index is 11.3. The molecule has 1 heterocycles. The number of benzene rings is 1. The summed E-state index contributed by atoms with van der Waals surface area (Å²) in [5, 5.41) is 23.2. The van der Waals surface area contributed by atoms with Crippen LogP contribution in [0.25, 0.3) is 0 Å². The summed E-state index contributed by atoms with van der Waals surface area (Å²) in [6, 6.07) is 6.24. The molecule has 1 aromatic rings. The average molecular weight is 397 g/mol. The third-order valence-corrected chi connectivity index (χ3v) is 3.82. The van der Waals surface area contributed by atoms with Crippen LogP contribution in [0.1, 0.15) is 20.8 Å². The van der Waals surface area contributed by atoms with Gasteiger partial charge in [-0.25, -0.2) is 0 Å². The van der Waals surface area contributed by atoms with E-state index in [-0.39, 0.29) is 12.5 Å². The van der Waals surface area contributed by atoms with Crippen LogP contribution >= 0.6 is 0 Å². The molecule has 1 saturated heterocycles. The van der Waals surface area contributed by atoms with E-state index in [1.807, 2.05) is 0 Å². The third-order valence-electron chi connectivity index (χ3n) is 3.82. The van der Waals surface area contributed by atoms with Crippen LogP contribution < -0.4 is 10.1 Å². The quantitative estimate of drug-likeness (QED) is 0.564. The lowest BCUT2D eigenvalue weighted by molar-refractivity contribution is -0.282. The fourth-order valence-electron chi connectivity index (χ4n) is 2.63. The second-order valence-corrected chi connectivity index (χ2v) is 6.22. The largest absolute Gasteiger partial charge is 0.463 e. The third kappa shape index (κ3) is 5.91. The van der Waals surface area contributed by atoms with E-state index in [0.717, 1.165) is 6.92 Å². The van der Waals surface area contributed by atoms with Gasteiger partial charge in [-0.1, -0.05) is 0 Å². The van der Waals surface area contributed by atoms with Crippen LogP contribution in [0.3, 0.4) is 0 Å². The fourth-order valence-corrected chi connectivity index (χ4v) is 2.63. The Labute approximate surface area is 161 Å². The monoisotopic (exact) mass is 397 g/mol. The lowest BCUT2D eigenvalue weighted by Gasteiger charge is -2.41. The average Bonchev–Trinajstić information content (AvgIpc) is 2.61. The van der Waals surface area contributed by atoms with Gasteiger partial charge < -0.3 is 34.5 Å². The second kappa shape index (κ2) is 9.49. The molecule has 2 rings (SSSR count). The Hall–Kier alpha value is -2.69. The molecule has 28 heavy (non-hydrogen) atoms. The molecule has 1 aliphatic heterocycles. The van der Waals surface area contributed by atoms with Gasteiger partial charge in [0, 0.05) is 26.5 Å². The van der Waals surface area contributed by atoms with Crippen molar-refractivity contribution < 1.29 is 43.5 Å². The van der Waals surface area contributed by atoms with Crippen molar-refractivity contribution in [2.75, 3.05) is 11.9 Å². The number of amides is 1. The number of ether oxygens (including phenoxy) is 4. The molecule has 0 bridgehead atoms. The van der Waals surface area contributed by atoms with Crippen LogP contribution in [0.15, 0.2) is 24.3 Å². The highest BCUT2D eigenvalue weighted by molar-refractivity contribution is 5.88. The van der Waals surface area contributed by atoms with Gasteiger partial charge in [0.2, 0.25) is 12.2 Å². The van der Waals surface area contributed by atoms with E-state index in [0.29, 0.717) is 11.4 Å². The summed E-state index contributed by atoms with van der Waals surface area (Å²) >= 11 is 0. The summed E-state index contributed by atoms with van der Waals surface area (Å²) in [6.45, 7) is 3.40. The minimum absolute atomic E-state index is 0.229. The topological polar surface area (TPSA) is 141 Å². The minimum atomic E-state index is -1.53. The SMILES string of the molecule is CC(=O)Nc1ccc(O[C@H]2OC(COC(C)=O)[C@@H](OC(C)=O)C(O)C2O)cc1. The Balaban J connectivity index is 2.11. The van der Waals surface area contributed by atoms with E-state index in [1.54, 1.807) is 12.1 Å². The molecule has 1 aliphatic rings. The van der Waals surface area contributed by atoms with E-state index in [9.17, 15) is 24.6 Å². The summed E-state index contributed by atoms with van der Waals surface area (Å²) in [5.74, 6) is -1.22. The van der Waals surface area contributed by atoms with Gasteiger partial charge in [-0.2, -0.15) is 0 Å². The number of carbonyl (C=O) groups excluding carboxylic acids is 3. The Bertz CT molecular complexity index is 706.